The normalized spacial score (nSPS) is 27.5. The minimum Gasteiger partial charge on any atom is -0.512 e. The molecule has 2 rings (SSSR count). The first-order valence-corrected chi connectivity index (χ1v) is 9.21. The van der Waals surface area contributed by atoms with E-state index in [0.717, 1.165) is 12.1 Å². The molecule has 6 N–H and O–H groups in total. The van der Waals surface area contributed by atoms with Crippen molar-refractivity contribution in [3.05, 3.63) is 35.8 Å². The van der Waals surface area contributed by atoms with E-state index < -0.39 is 18.4 Å². The molecule has 5 unspecified atom stereocenters. The van der Waals surface area contributed by atoms with Crippen LogP contribution in [0, 0.1) is 11.8 Å². The van der Waals surface area contributed by atoms with Gasteiger partial charge < -0.3 is 21.3 Å². The molecule has 0 saturated carbocycles. The van der Waals surface area contributed by atoms with E-state index in [2.05, 4.69) is 34.7 Å². The van der Waals surface area contributed by atoms with Gasteiger partial charge in [-0.1, -0.05) is 19.1 Å². The Morgan fingerprint density at radius 1 is 1.32 bits per heavy atom. The highest BCUT2D eigenvalue weighted by Crippen LogP contribution is 2.23. The number of hydrogen-bond acceptors (Lipinski definition) is 6. The van der Waals surface area contributed by atoms with Crippen LogP contribution in [0.2, 0.25) is 0 Å². The van der Waals surface area contributed by atoms with Crippen molar-refractivity contribution in [3.8, 4) is 0 Å². The number of rotatable bonds is 8. The Bertz CT molecular complexity index is 542. The van der Waals surface area contributed by atoms with Crippen LogP contribution < -0.4 is 16.4 Å². The summed E-state index contributed by atoms with van der Waals surface area (Å²) in [5.41, 5.74) is 7.19. The zero-order valence-electron chi connectivity index (χ0n) is 15.2. The van der Waals surface area contributed by atoms with Gasteiger partial charge in [-0.25, -0.2) is 0 Å². The quantitative estimate of drug-likeness (QED) is 0.262. The molecule has 0 fully saturated rings. The molecule has 0 bridgehead atoms. The van der Waals surface area contributed by atoms with E-state index in [0.29, 0.717) is 30.4 Å². The van der Waals surface area contributed by atoms with Crippen LogP contribution in [0.15, 0.2) is 40.8 Å². The summed E-state index contributed by atoms with van der Waals surface area (Å²) in [6.45, 7) is 2.21. The molecule has 25 heavy (non-hydrogen) atoms. The fourth-order valence-corrected chi connectivity index (χ4v) is 3.16. The molecule has 0 amide bonds. The largest absolute Gasteiger partial charge is 0.512 e. The third kappa shape index (κ3) is 5.99. The molecule has 6 nitrogen and oxygen atoms in total. The molecule has 0 spiro atoms. The first-order valence-electron chi connectivity index (χ1n) is 9.21. The van der Waals surface area contributed by atoms with E-state index in [4.69, 9.17) is 5.73 Å². The van der Waals surface area contributed by atoms with E-state index in [1.165, 1.54) is 12.8 Å². The van der Waals surface area contributed by atoms with Gasteiger partial charge in [-0.15, -0.1) is 0 Å². The first-order chi connectivity index (χ1) is 12.0. The number of nitrogens with two attached hydrogens (primary N) is 1. The average Bonchev–Trinajstić information content (AvgIpc) is 2.64. The van der Waals surface area contributed by atoms with Gasteiger partial charge in [0.2, 0.25) is 0 Å². The SMILES string of the molecule is CCC1C=CC(C=NC(C(N)NC2=CC=C(O)CC2)C(O)NC)CC1. The van der Waals surface area contributed by atoms with Gasteiger partial charge in [0.15, 0.2) is 0 Å². The van der Waals surface area contributed by atoms with Crippen LogP contribution in [0.4, 0.5) is 0 Å². The van der Waals surface area contributed by atoms with Crippen molar-refractivity contribution in [3.63, 3.8) is 0 Å². The Morgan fingerprint density at radius 2 is 2.12 bits per heavy atom. The summed E-state index contributed by atoms with van der Waals surface area (Å²) in [4.78, 5) is 4.58. The third-order valence-electron chi connectivity index (χ3n) is 4.94. The highest BCUT2D eigenvalue weighted by atomic mass is 16.3. The molecule has 2 aliphatic rings. The van der Waals surface area contributed by atoms with Crippen molar-refractivity contribution in [2.45, 2.75) is 57.5 Å². The minimum atomic E-state index is -0.831. The lowest BCUT2D eigenvalue weighted by Gasteiger charge is -2.28. The number of nitrogens with one attached hydrogen (secondary N) is 2. The van der Waals surface area contributed by atoms with Crippen molar-refractivity contribution in [1.82, 2.24) is 10.6 Å². The van der Waals surface area contributed by atoms with Crippen LogP contribution in [-0.2, 0) is 0 Å². The Balaban J connectivity index is 1.99. The number of aliphatic imine (C=N–C) groups is 1. The predicted molar refractivity (Wildman–Crippen MR) is 102 cm³/mol. The highest BCUT2D eigenvalue weighted by Gasteiger charge is 2.25. The van der Waals surface area contributed by atoms with Crippen molar-refractivity contribution in [2.24, 2.45) is 22.6 Å². The van der Waals surface area contributed by atoms with Crippen LogP contribution in [0.5, 0.6) is 0 Å². The molecule has 5 atom stereocenters. The predicted octanol–water partition coefficient (Wildman–Crippen LogP) is 1.95. The van der Waals surface area contributed by atoms with Crippen LogP contribution in [-0.4, -0.2) is 41.9 Å². The van der Waals surface area contributed by atoms with Crippen molar-refractivity contribution >= 4 is 6.21 Å². The van der Waals surface area contributed by atoms with Gasteiger partial charge in [-0.05, 0) is 50.8 Å². The number of nitrogens with zero attached hydrogens (tertiary/aromatic N) is 1. The Morgan fingerprint density at radius 3 is 2.68 bits per heavy atom. The molecule has 0 aliphatic heterocycles. The summed E-state index contributed by atoms with van der Waals surface area (Å²) in [6, 6.07) is -0.497. The van der Waals surface area contributed by atoms with E-state index in [9.17, 15) is 10.2 Å². The van der Waals surface area contributed by atoms with E-state index in [1.54, 1.807) is 13.1 Å². The van der Waals surface area contributed by atoms with Crippen molar-refractivity contribution in [2.75, 3.05) is 7.05 Å². The lowest BCUT2D eigenvalue weighted by Crippen LogP contribution is -2.54. The van der Waals surface area contributed by atoms with Crippen LogP contribution in [0.3, 0.4) is 0 Å². The topological polar surface area (TPSA) is 103 Å². The summed E-state index contributed by atoms with van der Waals surface area (Å²) in [7, 11) is 1.69. The van der Waals surface area contributed by atoms with Gasteiger partial charge >= 0.3 is 0 Å². The Labute approximate surface area is 150 Å². The smallest absolute Gasteiger partial charge is 0.130 e. The second-order valence-corrected chi connectivity index (χ2v) is 6.84. The summed E-state index contributed by atoms with van der Waals surface area (Å²) < 4.78 is 0. The number of likely N-dealkylation sites (N-methyl/N-ethyl adjacent to an activating group) is 1. The number of allylic oxidation sites excluding steroid dienone is 6. The van der Waals surface area contributed by atoms with E-state index >= 15 is 0 Å². The average molecular weight is 348 g/mol. The summed E-state index contributed by atoms with van der Waals surface area (Å²) in [5.74, 6) is 1.35. The molecule has 0 aromatic carbocycles. The standard InChI is InChI=1S/C19H32N4O2/c1-3-13-4-6-14(7-5-13)12-22-17(19(25)21-2)18(20)23-15-8-10-16(24)11-9-15/h4,6,8,10,12-14,17-19,21,23-25H,3,5,7,9,11,20H2,1-2H3. The summed E-state index contributed by atoms with van der Waals surface area (Å²) in [5, 5.41) is 25.7. The number of hydrogen-bond donors (Lipinski definition) is 5. The van der Waals surface area contributed by atoms with Gasteiger partial charge in [0.25, 0.3) is 0 Å². The maximum absolute atomic E-state index is 10.2. The zero-order valence-corrected chi connectivity index (χ0v) is 15.2. The zero-order chi connectivity index (χ0) is 18.2. The molecular weight excluding hydrogens is 316 g/mol. The van der Waals surface area contributed by atoms with Crippen molar-refractivity contribution < 1.29 is 10.2 Å². The number of aliphatic hydroxyl groups excluding tert-OH is 2. The first kappa shape index (κ1) is 19.7. The van der Waals surface area contributed by atoms with Crippen LogP contribution in [0.25, 0.3) is 0 Å². The number of aliphatic hydroxyl groups is 2. The summed E-state index contributed by atoms with van der Waals surface area (Å²) in [6.07, 6.45) is 13.3. The maximum Gasteiger partial charge on any atom is 0.130 e. The van der Waals surface area contributed by atoms with Gasteiger partial charge in [0.05, 0.1) is 5.76 Å². The monoisotopic (exact) mass is 348 g/mol. The maximum atomic E-state index is 10.2. The molecule has 0 heterocycles. The third-order valence-corrected chi connectivity index (χ3v) is 4.94. The van der Waals surface area contributed by atoms with Gasteiger partial charge in [-0.3, -0.25) is 10.3 Å². The fraction of sp³-hybridized carbons (Fsp3) is 0.632. The molecule has 2 aliphatic carbocycles. The summed E-state index contributed by atoms with van der Waals surface area (Å²) >= 11 is 0. The highest BCUT2D eigenvalue weighted by molar-refractivity contribution is 5.64. The van der Waals surface area contributed by atoms with Gasteiger partial charge in [0.1, 0.15) is 18.4 Å². The molecular formula is C19H32N4O2. The molecule has 0 radical (unpaired) electrons. The minimum absolute atomic E-state index is 0.301. The van der Waals surface area contributed by atoms with Crippen LogP contribution in [0.1, 0.15) is 39.0 Å². The Hall–Kier alpha value is -1.63. The second kappa shape index (κ2) is 9.75. The van der Waals surface area contributed by atoms with E-state index in [-0.39, 0.29) is 0 Å². The van der Waals surface area contributed by atoms with Gasteiger partial charge in [-0.2, -0.15) is 0 Å². The fourth-order valence-electron chi connectivity index (χ4n) is 3.16. The van der Waals surface area contributed by atoms with Crippen molar-refractivity contribution in [1.29, 1.82) is 0 Å². The van der Waals surface area contributed by atoms with Gasteiger partial charge in [0, 0.05) is 24.3 Å². The molecule has 0 saturated heterocycles. The van der Waals surface area contributed by atoms with Crippen LogP contribution >= 0.6 is 0 Å². The molecule has 0 aromatic rings. The molecule has 140 valence electrons. The van der Waals surface area contributed by atoms with E-state index in [1.807, 2.05) is 12.3 Å². The molecule has 0 aromatic heterocycles. The Kier molecular flexibility index (Phi) is 7.68. The second-order valence-electron chi connectivity index (χ2n) is 6.84. The molecule has 6 heteroatoms. The lowest BCUT2D eigenvalue weighted by atomic mass is 9.88. The lowest BCUT2D eigenvalue weighted by molar-refractivity contribution is 0.104.